The van der Waals surface area contributed by atoms with Gasteiger partial charge in [-0.15, -0.1) is 0 Å². The zero-order valence-corrected chi connectivity index (χ0v) is 13.4. The summed E-state index contributed by atoms with van der Waals surface area (Å²) in [4.78, 5) is 18.8. The summed E-state index contributed by atoms with van der Waals surface area (Å²) in [6.07, 6.45) is 5.34. The van der Waals surface area contributed by atoms with Gasteiger partial charge >= 0.3 is 0 Å². The summed E-state index contributed by atoms with van der Waals surface area (Å²) in [5, 5.41) is 0. The average Bonchev–Trinajstić information content (AvgIpc) is 3.06. The molecule has 5 heteroatoms. The van der Waals surface area contributed by atoms with Crippen LogP contribution in [0.15, 0.2) is 41.0 Å². The van der Waals surface area contributed by atoms with Crippen LogP contribution in [0, 0.1) is 0 Å². The lowest BCUT2D eigenvalue weighted by Crippen LogP contribution is -2.42. The van der Waals surface area contributed by atoms with Gasteiger partial charge in [0, 0.05) is 12.6 Å². The topological polar surface area (TPSA) is 72.4 Å². The molecule has 2 aromatic rings. The highest BCUT2D eigenvalue weighted by atomic mass is 16.3. The molecule has 122 valence electrons. The minimum atomic E-state index is -0.349. The summed E-state index contributed by atoms with van der Waals surface area (Å²) in [7, 11) is 0. The minimum absolute atomic E-state index is 0.0564. The number of oxazole rings is 1. The summed E-state index contributed by atoms with van der Waals surface area (Å²) in [6.45, 7) is 2.87. The Morgan fingerprint density at radius 1 is 1.39 bits per heavy atom. The standard InChI is InChI=1S/C18H23N3O2/c1-13-7-5-6-10-21(13)18(22)16-12-23-17(20-16)15(19)11-14-8-3-2-4-9-14/h2-4,8-9,12-13,15H,5-7,10-11,19H2,1H3. The van der Waals surface area contributed by atoms with Gasteiger partial charge in [0.25, 0.3) is 5.91 Å². The molecule has 1 fully saturated rings. The lowest BCUT2D eigenvalue weighted by atomic mass is 10.0. The first-order valence-corrected chi connectivity index (χ1v) is 8.21. The van der Waals surface area contributed by atoms with Crippen LogP contribution < -0.4 is 5.73 Å². The zero-order valence-electron chi connectivity index (χ0n) is 13.4. The second-order valence-electron chi connectivity index (χ2n) is 6.21. The van der Waals surface area contributed by atoms with E-state index in [9.17, 15) is 4.79 Å². The van der Waals surface area contributed by atoms with Crippen molar-refractivity contribution in [3.05, 3.63) is 53.7 Å². The van der Waals surface area contributed by atoms with E-state index in [1.165, 1.54) is 12.7 Å². The fraction of sp³-hybridized carbons (Fsp3) is 0.444. The van der Waals surface area contributed by atoms with E-state index in [4.69, 9.17) is 10.2 Å². The highest BCUT2D eigenvalue weighted by molar-refractivity contribution is 5.92. The molecule has 5 nitrogen and oxygen atoms in total. The first-order chi connectivity index (χ1) is 11.1. The van der Waals surface area contributed by atoms with E-state index < -0.39 is 0 Å². The van der Waals surface area contributed by atoms with Gasteiger partial charge in [0.2, 0.25) is 5.89 Å². The Hall–Kier alpha value is -2.14. The van der Waals surface area contributed by atoms with Crippen molar-refractivity contribution in [2.45, 2.75) is 44.7 Å². The van der Waals surface area contributed by atoms with Gasteiger partial charge in [0.05, 0.1) is 6.04 Å². The number of aromatic nitrogens is 1. The van der Waals surface area contributed by atoms with Crippen LogP contribution >= 0.6 is 0 Å². The van der Waals surface area contributed by atoms with Gasteiger partial charge in [-0.3, -0.25) is 4.79 Å². The third kappa shape index (κ3) is 3.62. The van der Waals surface area contributed by atoms with Gasteiger partial charge in [-0.1, -0.05) is 30.3 Å². The van der Waals surface area contributed by atoms with Crippen molar-refractivity contribution < 1.29 is 9.21 Å². The highest BCUT2D eigenvalue weighted by Gasteiger charge is 2.27. The SMILES string of the molecule is CC1CCCCN1C(=O)c1coc(C(N)Cc2ccccc2)n1. The maximum atomic E-state index is 12.6. The molecule has 23 heavy (non-hydrogen) atoms. The van der Waals surface area contributed by atoms with E-state index in [1.54, 1.807) is 0 Å². The molecule has 0 bridgehead atoms. The molecule has 2 unspecified atom stereocenters. The molecule has 0 saturated carbocycles. The monoisotopic (exact) mass is 313 g/mol. The molecule has 2 atom stereocenters. The molecular formula is C18H23N3O2. The molecule has 1 aromatic carbocycles. The van der Waals surface area contributed by atoms with E-state index in [1.807, 2.05) is 35.2 Å². The number of nitrogens with zero attached hydrogens (tertiary/aromatic N) is 2. The number of hydrogen-bond acceptors (Lipinski definition) is 4. The number of rotatable bonds is 4. The number of hydrogen-bond donors (Lipinski definition) is 1. The van der Waals surface area contributed by atoms with Crippen LogP contribution in [-0.2, 0) is 6.42 Å². The zero-order chi connectivity index (χ0) is 16.2. The predicted octanol–water partition coefficient (Wildman–Crippen LogP) is 2.93. The molecule has 1 aliphatic heterocycles. The van der Waals surface area contributed by atoms with Crippen molar-refractivity contribution in [2.24, 2.45) is 5.73 Å². The van der Waals surface area contributed by atoms with Gasteiger partial charge in [0.15, 0.2) is 5.69 Å². The largest absolute Gasteiger partial charge is 0.446 e. The molecule has 2 heterocycles. The fourth-order valence-electron chi connectivity index (χ4n) is 3.06. The van der Waals surface area contributed by atoms with Crippen molar-refractivity contribution in [3.63, 3.8) is 0 Å². The maximum Gasteiger partial charge on any atom is 0.276 e. The predicted molar refractivity (Wildman–Crippen MR) is 87.9 cm³/mol. The van der Waals surface area contributed by atoms with Crippen molar-refractivity contribution in [2.75, 3.05) is 6.54 Å². The van der Waals surface area contributed by atoms with Gasteiger partial charge in [-0.25, -0.2) is 4.98 Å². The van der Waals surface area contributed by atoms with E-state index in [0.29, 0.717) is 18.0 Å². The minimum Gasteiger partial charge on any atom is -0.446 e. The van der Waals surface area contributed by atoms with Crippen LogP contribution in [-0.4, -0.2) is 28.4 Å². The molecule has 0 radical (unpaired) electrons. The molecule has 1 aliphatic rings. The number of likely N-dealkylation sites (tertiary alicyclic amines) is 1. The Labute approximate surface area is 136 Å². The molecule has 1 saturated heterocycles. The Kier molecular flexibility index (Phi) is 4.76. The van der Waals surface area contributed by atoms with E-state index in [0.717, 1.165) is 24.9 Å². The summed E-state index contributed by atoms with van der Waals surface area (Å²) < 4.78 is 5.46. The lowest BCUT2D eigenvalue weighted by molar-refractivity contribution is 0.0629. The third-order valence-electron chi connectivity index (χ3n) is 4.42. The number of carbonyl (C=O) groups is 1. The third-order valence-corrected chi connectivity index (χ3v) is 4.42. The number of benzene rings is 1. The molecule has 1 aromatic heterocycles. The van der Waals surface area contributed by atoms with E-state index in [-0.39, 0.29) is 18.0 Å². The number of carbonyl (C=O) groups excluding carboxylic acids is 1. The summed E-state index contributed by atoms with van der Waals surface area (Å²) in [5.41, 5.74) is 7.64. The second kappa shape index (κ2) is 6.96. The Bertz CT molecular complexity index is 653. The summed E-state index contributed by atoms with van der Waals surface area (Å²) >= 11 is 0. The number of nitrogens with two attached hydrogens (primary N) is 1. The van der Waals surface area contributed by atoms with Gasteiger partial charge in [0.1, 0.15) is 6.26 Å². The Morgan fingerprint density at radius 3 is 2.91 bits per heavy atom. The van der Waals surface area contributed by atoms with E-state index in [2.05, 4.69) is 11.9 Å². The van der Waals surface area contributed by atoms with Gasteiger partial charge in [-0.05, 0) is 38.2 Å². The van der Waals surface area contributed by atoms with Crippen molar-refractivity contribution >= 4 is 5.91 Å². The van der Waals surface area contributed by atoms with Crippen LogP contribution in [0.4, 0.5) is 0 Å². The average molecular weight is 313 g/mol. The Morgan fingerprint density at radius 2 is 2.17 bits per heavy atom. The van der Waals surface area contributed by atoms with Crippen LogP contribution in [0.25, 0.3) is 0 Å². The molecular weight excluding hydrogens is 290 g/mol. The molecule has 0 spiro atoms. The maximum absolute atomic E-state index is 12.6. The first-order valence-electron chi connectivity index (χ1n) is 8.21. The van der Waals surface area contributed by atoms with Crippen molar-refractivity contribution in [1.82, 2.24) is 9.88 Å². The number of piperidine rings is 1. The van der Waals surface area contributed by atoms with Crippen molar-refractivity contribution in [3.8, 4) is 0 Å². The smallest absolute Gasteiger partial charge is 0.276 e. The fourth-order valence-corrected chi connectivity index (χ4v) is 3.06. The molecule has 3 rings (SSSR count). The van der Waals surface area contributed by atoms with Crippen LogP contribution in [0.1, 0.15) is 54.2 Å². The highest BCUT2D eigenvalue weighted by Crippen LogP contribution is 2.21. The van der Waals surface area contributed by atoms with E-state index >= 15 is 0 Å². The van der Waals surface area contributed by atoms with Crippen LogP contribution in [0.2, 0.25) is 0 Å². The first kappa shape index (κ1) is 15.7. The normalized spacial score (nSPS) is 19.6. The van der Waals surface area contributed by atoms with Crippen LogP contribution in [0.5, 0.6) is 0 Å². The van der Waals surface area contributed by atoms with Gasteiger partial charge < -0.3 is 15.1 Å². The van der Waals surface area contributed by atoms with Crippen LogP contribution in [0.3, 0.4) is 0 Å². The van der Waals surface area contributed by atoms with Gasteiger partial charge in [-0.2, -0.15) is 0 Å². The summed E-state index contributed by atoms with van der Waals surface area (Å²) in [5.74, 6) is 0.362. The molecule has 1 amide bonds. The lowest BCUT2D eigenvalue weighted by Gasteiger charge is -2.32. The second-order valence-corrected chi connectivity index (χ2v) is 6.21. The number of amides is 1. The Balaban J connectivity index is 1.68. The quantitative estimate of drug-likeness (QED) is 0.942. The van der Waals surface area contributed by atoms with Crippen molar-refractivity contribution in [1.29, 1.82) is 0 Å². The molecule has 0 aliphatic carbocycles. The summed E-state index contributed by atoms with van der Waals surface area (Å²) in [6, 6.07) is 9.87. The molecule has 2 N–H and O–H groups in total.